The molecule has 6 rings (SSSR count). The summed E-state index contributed by atoms with van der Waals surface area (Å²) in [6.45, 7) is 6.40. The van der Waals surface area contributed by atoms with E-state index in [0.29, 0.717) is 18.0 Å². The number of hydrazone groups is 1. The van der Waals surface area contributed by atoms with Crippen LogP contribution in [0.25, 0.3) is 0 Å². The fourth-order valence-corrected chi connectivity index (χ4v) is 6.14. The first-order chi connectivity index (χ1) is 17.4. The number of amides is 1. The van der Waals surface area contributed by atoms with Gasteiger partial charge in [0.2, 0.25) is 0 Å². The largest absolute Gasteiger partial charge is 0.497 e. The first-order valence-corrected chi connectivity index (χ1v) is 12.7. The Hall–Kier alpha value is -3.51. The molecule has 2 unspecified atom stereocenters. The Morgan fingerprint density at radius 3 is 2.42 bits per heavy atom. The van der Waals surface area contributed by atoms with Gasteiger partial charge in [0.25, 0.3) is 5.91 Å². The number of carbonyl (C=O) groups excluding carboxylic acids is 1. The van der Waals surface area contributed by atoms with Crippen molar-refractivity contribution in [3.05, 3.63) is 82.9 Å². The lowest BCUT2D eigenvalue weighted by Crippen LogP contribution is -2.67. The number of halogens is 1. The molecule has 0 aliphatic carbocycles. The number of fused-ring (bicyclic) bond motifs is 4. The molecule has 3 aromatic rings. The first-order valence-electron chi connectivity index (χ1n) is 12.3. The van der Waals surface area contributed by atoms with Crippen LogP contribution in [0.1, 0.15) is 18.1 Å². The fourth-order valence-electron chi connectivity index (χ4n) is 5.97. The molecule has 6 nitrogen and oxygen atoms in total. The number of anilines is 3. The van der Waals surface area contributed by atoms with Crippen molar-refractivity contribution in [2.24, 2.45) is 10.5 Å². The molecule has 1 spiro atoms. The Bertz CT molecular complexity index is 1350. The fraction of sp³-hybridized carbons (Fsp3) is 0.310. The van der Waals surface area contributed by atoms with E-state index >= 15 is 0 Å². The van der Waals surface area contributed by atoms with Crippen molar-refractivity contribution in [2.75, 3.05) is 41.6 Å². The Morgan fingerprint density at radius 2 is 1.69 bits per heavy atom. The van der Waals surface area contributed by atoms with Crippen LogP contribution in [0.5, 0.6) is 5.75 Å². The molecular formula is C29H29ClN4O2. The highest BCUT2D eigenvalue weighted by molar-refractivity contribution is 6.31. The topological polar surface area (TPSA) is 48.4 Å². The average Bonchev–Trinajstić information content (AvgIpc) is 3.15. The molecular weight excluding hydrogens is 472 g/mol. The quantitative estimate of drug-likeness (QED) is 0.488. The molecule has 3 aliphatic rings. The standard InChI is InChI=1S/C29H29ClN4O2/c1-19-4-8-24(9-5-19)34-28(35)29(20(2)31-34)17-21-6-7-22(30)16-26(21)33-15-14-32(18-27(29)33)23-10-12-25(36-3)13-11-23/h4-13,16,27H,14-15,17-18H2,1-3H3. The Morgan fingerprint density at radius 1 is 0.972 bits per heavy atom. The lowest BCUT2D eigenvalue weighted by molar-refractivity contribution is -0.125. The van der Waals surface area contributed by atoms with Crippen molar-refractivity contribution >= 4 is 40.3 Å². The molecule has 3 heterocycles. The Balaban J connectivity index is 1.43. The van der Waals surface area contributed by atoms with Crippen LogP contribution < -0.4 is 19.5 Å². The zero-order chi connectivity index (χ0) is 25.0. The number of rotatable bonds is 3. The van der Waals surface area contributed by atoms with Gasteiger partial charge in [-0.3, -0.25) is 4.79 Å². The number of hydrogen-bond acceptors (Lipinski definition) is 5. The molecule has 1 amide bonds. The van der Waals surface area contributed by atoms with Crippen LogP contribution in [0.15, 0.2) is 71.8 Å². The van der Waals surface area contributed by atoms with Gasteiger partial charge in [0.1, 0.15) is 11.2 Å². The van der Waals surface area contributed by atoms with E-state index in [1.165, 1.54) is 0 Å². The smallest absolute Gasteiger partial charge is 0.261 e. The van der Waals surface area contributed by atoms with Crippen LogP contribution >= 0.6 is 11.6 Å². The number of benzene rings is 3. The number of hydrogen-bond donors (Lipinski definition) is 0. The third-order valence-corrected chi connectivity index (χ3v) is 8.20. The van der Waals surface area contributed by atoms with E-state index < -0.39 is 5.41 Å². The molecule has 1 fully saturated rings. The normalized spacial score (nSPS) is 23.0. The minimum absolute atomic E-state index is 0.0380. The molecule has 36 heavy (non-hydrogen) atoms. The maximum Gasteiger partial charge on any atom is 0.261 e. The van der Waals surface area contributed by atoms with Crippen molar-refractivity contribution in [2.45, 2.75) is 26.3 Å². The van der Waals surface area contributed by atoms with Gasteiger partial charge in [-0.15, -0.1) is 0 Å². The Kier molecular flexibility index (Phi) is 5.45. The van der Waals surface area contributed by atoms with Crippen LogP contribution in [-0.4, -0.2) is 44.4 Å². The van der Waals surface area contributed by atoms with Gasteiger partial charge in [0.15, 0.2) is 0 Å². The molecule has 1 saturated heterocycles. The van der Waals surface area contributed by atoms with Gasteiger partial charge < -0.3 is 14.5 Å². The molecule has 3 aliphatic heterocycles. The van der Waals surface area contributed by atoms with Crippen molar-refractivity contribution in [3.63, 3.8) is 0 Å². The van der Waals surface area contributed by atoms with E-state index in [1.54, 1.807) is 12.1 Å². The third-order valence-electron chi connectivity index (χ3n) is 7.96. The van der Waals surface area contributed by atoms with E-state index in [1.807, 2.05) is 62.4 Å². The lowest BCUT2D eigenvalue weighted by atomic mass is 9.67. The summed E-state index contributed by atoms with van der Waals surface area (Å²) in [7, 11) is 1.68. The monoisotopic (exact) mass is 500 g/mol. The van der Waals surface area contributed by atoms with E-state index in [4.69, 9.17) is 21.4 Å². The van der Waals surface area contributed by atoms with E-state index in [2.05, 4.69) is 28.0 Å². The van der Waals surface area contributed by atoms with Gasteiger partial charge in [-0.05, 0) is 74.4 Å². The third kappa shape index (κ3) is 3.46. The lowest BCUT2D eigenvalue weighted by Gasteiger charge is -2.53. The Labute approximate surface area is 216 Å². The van der Waals surface area contributed by atoms with Crippen LogP contribution in [0.2, 0.25) is 5.02 Å². The molecule has 0 radical (unpaired) electrons. The second-order valence-corrected chi connectivity index (χ2v) is 10.3. The summed E-state index contributed by atoms with van der Waals surface area (Å²) in [4.78, 5) is 19.1. The van der Waals surface area contributed by atoms with Gasteiger partial charge in [0.05, 0.1) is 24.6 Å². The van der Waals surface area contributed by atoms with Crippen molar-refractivity contribution in [3.8, 4) is 5.75 Å². The summed E-state index contributed by atoms with van der Waals surface area (Å²) in [5.41, 5.74) is 5.45. The van der Waals surface area contributed by atoms with Gasteiger partial charge in [-0.25, -0.2) is 0 Å². The van der Waals surface area contributed by atoms with Gasteiger partial charge in [-0.1, -0.05) is 35.4 Å². The molecule has 0 saturated carbocycles. The second-order valence-electron chi connectivity index (χ2n) is 9.91. The van der Waals surface area contributed by atoms with Crippen LogP contribution in [-0.2, 0) is 11.2 Å². The SMILES string of the molecule is COc1ccc(N2CCN3c4cc(Cl)ccc4CC4(C(=O)N(c5ccc(C)cc5)N=C4C)C3C2)cc1. The number of ether oxygens (including phenoxy) is 1. The zero-order valence-electron chi connectivity index (χ0n) is 20.7. The maximum absolute atomic E-state index is 14.4. The average molecular weight is 501 g/mol. The highest BCUT2D eigenvalue weighted by Crippen LogP contribution is 2.49. The summed E-state index contributed by atoms with van der Waals surface area (Å²) < 4.78 is 5.35. The van der Waals surface area contributed by atoms with Crippen molar-refractivity contribution in [1.82, 2.24) is 0 Å². The number of methoxy groups -OCH3 is 1. The molecule has 3 aromatic carbocycles. The van der Waals surface area contributed by atoms with Crippen molar-refractivity contribution < 1.29 is 9.53 Å². The van der Waals surface area contributed by atoms with Crippen LogP contribution in [0.4, 0.5) is 17.1 Å². The predicted molar refractivity (Wildman–Crippen MR) is 146 cm³/mol. The van der Waals surface area contributed by atoms with E-state index in [9.17, 15) is 4.79 Å². The number of aryl methyl sites for hydroxylation is 1. The zero-order valence-corrected chi connectivity index (χ0v) is 21.5. The highest BCUT2D eigenvalue weighted by atomic mass is 35.5. The minimum atomic E-state index is -0.753. The van der Waals surface area contributed by atoms with Crippen molar-refractivity contribution in [1.29, 1.82) is 0 Å². The molecule has 0 aromatic heterocycles. The van der Waals surface area contributed by atoms with Gasteiger partial charge in [-0.2, -0.15) is 10.1 Å². The van der Waals surface area contributed by atoms with E-state index in [0.717, 1.165) is 52.7 Å². The number of carbonyl (C=O) groups is 1. The molecule has 2 atom stereocenters. The van der Waals surface area contributed by atoms with Crippen LogP contribution in [0.3, 0.4) is 0 Å². The summed E-state index contributed by atoms with van der Waals surface area (Å²) in [6, 6.07) is 22.1. The number of nitrogens with zero attached hydrogens (tertiary/aromatic N) is 4. The van der Waals surface area contributed by atoms with E-state index in [-0.39, 0.29) is 11.9 Å². The predicted octanol–water partition coefficient (Wildman–Crippen LogP) is 5.32. The molecule has 0 N–H and O–H groups in total. The summed E-state index contributed by atoms with van der Waals surface area (Å²) in [5, 5.41) is 7.19. The minimum Gasteiger partial charge on any atom is -0.497 e. The maximum atomic E-state index is 14.4. The molecule has 184 valence electrons. The molecule has 0 bridgehead atoms. The summed E-state index contributed by atoms with van der Waals surface area (Å²) in [5.74, 6) is 0.869. The van der Waals surface area contributed by atoms with Gasteiger partial charge >= 0.3 is 0 Å². The summed E-state index contributed by atoms with van der Waals surface area (Å²) in [6.07, 6.45) is 0.605. The highest BCUT2D eigenvalue weighted by Gasteiger charge is 2.60. The number of piperazine rings is 1. The first kappa shape index (κ1) is 22.9. The summed E-state index contributed by atoms with van der Waals surface area (Å²) >= 11 is 6.44. The van der Waals surface area contributed by atoms with Gasteiger partial charge in [0, 0.05) is 36.0 Å². The molecule has 7 heteroatoms. The second kappa shape index (κ2) is 8.56. The van der Waals surface area contributed by atoms with Crippen LogP contribution in [0, 0.1) is 12.3 Å².